The van der Waals surface area contributed by atoms with Crippen LogP contribution in [0.2, 0.25) is 18.1 Å². The third-order valence-electron chi connectivity index (χ3n) is 3.56. The summed E-state index contributed by atoms with van der Waals surface area (Å²) in [4.78, 5) is 0. The molecule has 0 rings (SSSR count). The second kappa shape index (κ2) is 8.13. The van der Waals surface area contributed by atoms with Gasteiger partial charge < -0.3 is 9.16 Å². The Hall–Kier alpha value is -0.123. The van der Waals surface area contributed by atoms with Crippen LogP contribution in [0.3, 0.4) is 0 Å². The highest BCUT2D eigenvalue weighted by molar-refractivity contribution is 6.74. The molecule has 0 fully saturated rings. The molecule has 0 aliphatic carbocycles. The summed E-state index contributed by atoms with van der Waals surface area (Å²) in [6, 6.07) is 0. The second-order valence-electron chi connectivity index (χ2n) is 6.67. The molecule has 0 aliphatic heterocycles. The van der Waals surface area contributed by atoms with Gasteiger partial charge in [-0.25, -0.2) is 0 Å². The van der Waals surface area contributed by atoms with Gasteiger partial charge in [0.15, 0.2) is 8.32 Å². The number of hydrogen-bond acceptors (Lipinski definition) is 2. The molecule has 0 saturated carbocycles. The Kier molecular flexibility index (Phi) is 8.07. The van der Waals surface area contributed by atoms with Crippen molar-refractivity contribution in [1.82, 2.24) is 0 Å². The number of unbranched alkanes of at least 4 members (excludes halogenated alkanes) is 1. The van der Waals surface area contributed by atoms with Gasteiger partial charge in [0.1, 0.15) is 0 Å². The molecule has 0 N–H and O–H groups in total. The topological polar surface area (TPSA) is 18.5 Å². The molecule has 0 heterocycles. The molecular weight excluding hydrogens is 240 g/mol. The molecule has 0 saturated heterocycles. The average Bonchev–Trinajstić information content (AvgIpc) is 2.19. The molecule has 0 aliphatic rings. The standard InChI is InChI=1S/C15H32O2Si/c1-14(2)10-13-16-11-8-9-12-17-18(6,7)15(3,4)5/h10H,8-9,11-13H2,1-7H3. The SMILES string of the molecule is CC(C)=CCOCCCCO[Si](C)(C)C(C)(C)C. The summed E-state index contributed by atoms with van der Waals surface area (Å²) in [5, 5.41) is 0.312. The summed E-state index contributed by atoms with van der Waals surface area (Å²) in [7, 11) is -1.55. The first-order valence-electron chi connectivity index (χ1n) is 7.02. The summed E-state index contributed by atoms with van der Waals surface area (Å²) in [6.07, 6.45) is 4.30. The number of ether oxygens (including phenoxy) is 1. The second-order valence-corrected chi connectivity index (χ2v) is 11.5. The zero-order valence-corrected chi connectivity index (χ0v) is 14.4. The summed E-state index contributed by atoms with van der Waals surface area (Å²) in [5.74, 6) is 0. The van der Waals surface area contributed by atoms with Crippen molar-refractivity contribution in [1.29, 1.82) is 0 Å². The lowest BCUT2D eigenvalue weighted by Gasteiger charge is -2.36. The van der Waals surface area contributed by atoms with Crippen LogP contribution in [0.5, 0.6) is 0 Å². The molecule has 0 bridgehead atoms. The molecule has 0 radical (unpaired) electrons. The Bertz CT molecular complexity index is 248. The normalized spacial score (nSPS) is 12.6. The van der Waals surface area contributed by atoms with Gasteiger partial charge in [0.2, 0.25) is 0 Å². The predicted molar refractivity (Wildman–Crippen MR) is 82.6 cm³/mol. The van der Waals surface area contributed by atoms with E-state index in [2.05, 4.69) is 53.8 Å². The monoisotopic (exact) mass is 272 g/mol. The van der Waals surface area contributed by atoms with E-state index in [4.69, 9.17) is 9.16 Å². The fraction of sp³-hybridized carbons (Fsp3) is 0.867. The van der Waals surface area contributed by atoms with Gasteiger partial charge in [-0.05, 0) is 44.8 Å². The van der Waals surface area contributed by atoms with Crippen LogP contribution in [0.15, 0.2) is 11.6 Å². The van der Waals surface area contributed by atoms with Crippen LogP contribution in [0.25, 0.3) is 0 Å². The van der Waals surface area contributed by atoms with Crippen LogP contribution in [-0.2, 0) is 9.16 Å². The Morgan fingerprint density at radius 3 is 2.11 bits per heavy atom. The highest BCUT2D eigenvalue weighted by Crippen LogP contribution is 2.36. The molecule has 0 amide bonds. The number of rotatable bonds is 8. The van der Waals surface area contributed by atoms with E-state index in [9.17, 15) is 0 Å². The summed E-state index contributed by atoms with van der Waals surface area (Å²) >= 11 is 0. The van der Waals surface area contributed by atoms with Gasteiger partial charge in [-0.2, -0.15) is 0 Å². The summed E-state index contributed by atoms with van der Waals surface area (Å²) in [6.45, 7) is 18.1. The highest BCUT2D eigenvalue weighted by atomic mass is 28.4. The largest absolute Gasteiger partial charge is 0.417 e. The third-order valence-corrected chi connectivity index (χ3v) is 8.10. The molecule has 0 aromatic heterocycles. The Labute approximate surface area is 115 Å². The van der Waals surface area contributed by atoms with Crippen molar-refractivity contribution in [2.75, 3.05) is 19.8 Å². The lowest BCUT2D eigenvalue weighted by atomic mass is 10.2. The van der Waals surface area contributed by atoms with Gasteiger partial charge in [0.05, 0.1) is 6.61 Å². The van der Waals surface area contributed by atoms with Crippen molar-refractivity contribution in [3.05, 3.63) is 11.6 Å². The van der Waals surface area contributed by atoms with E-state index in [1.165, 1.54) is 5.57 Å². The van der Waals surface area contributed by atoms with Gasteiger partial charge in [0, 0.05) is 13.2 Å². The maximum Gasteiger partial charge on any atom is 0.191 e. The quantitative estimate of drug-likeness (QED) is 0.360. The molecule has 0 atom stereocenters. The van der Waals surface area contributed by atoms with Crippen molar-refractivity contribution in [3.8, 4) is 0 Å². The zero-order chi connectivity index (χ0) is 14.2. The molecule has 2 nitrogen and oxygen atoms in total. The van der Waals surface area contributed by atoms with Crippen LogP contribution in [0.1, 0.15) is 47.5 Å². The zero-order valence-electron chi connectivity index (χ0n) is 13.4. The molecule has 0 unspecified atom stereocenters. The molecule has 0 spiro atoms. The van der Waals surface area contributed by atoms with Crippen molar-refractivity contribution in [2.24, 2.45) is 0 Å². The van der Waals surface area contributed by atoms with Crippen LogP contribution < -0.4 is 0 Å². The first-order chi connectivity index (χ1) is 8.17. The summed E-state index contributed by atoms with van der Waals surface area (Å²) in [5.41, 5.74) is 1.32. The van der Waals surface area contributed by atoms with Gasteiger partial charge in [-0.15, -0.1) is 0 Å². The van der Waals surface area contributed by atoms with E-state index >= 15 is 0 Å². The maximum atomic E-state index is 6.11. The van der Waals surface area contributed by atoms with Crippen LogP contribution >= 0.6 is 0 Å². The smallest absolute Gasteiger partial charge is 0.191 e. The minimum Gasteiger partial charge on any atom is -0.417 e. The number of allylic oxidation sites excluding steroid dienone is 1. The molecular formula is C15H32O2Si. The molecule has 0 aromatic carbocycles. The fourth-order valence-electron chi connectivity index (χ4n) is 1.16. The average molecular weight is 273 g/mol. The van der Waals surface area contributed by atoms with Gasteiger partial charge >= 0.3 is 0 Å². The van der Waals surface area contributed by atoms with E-state index in [0.29, 0.717) is 5.04 Å². The van der Waals surface area contributed by atoms with Crippen LogP contribution in [0, 0.1) is 0 Å². The fourth-order valence-corrected chi connectivity index (χ4v) is 2.25. The van der Waals surface area contributed by atoms with Crippen molar-refractivity contribution in [2.45, 2.75) is 65.6 Å². The van der Waals surface area contributed by atoms with Gasteiger partial charge in [-0.3, -0.25) is 0 Å². The Morgan fingerprint density at radius 2 is 1.61 bits per heavy atom. The Balaban J connectivity index is 3.55. The van der Waals surface area contributed by atoms with E-state index < -0.39 is 8.32 Å². The Morgan fingerprint density at radius 1 is 1.06 bits per heavy atom. The van der Waals surface area contributed by atoms with E-state index in [0.717, 1.165) is 32.7 Å². The highest BCUT2D eigenvalue weighted by Gasteiger charge is 2.36. The lowest BCUT2D eigenvalue weighted by Crippen LogP contribution is -2.40. The van der Waals surface area contributed by atoms with Crippen molar-refractivity contribution in [3.63, 3.8) is 0 Å². The van der Waals surface area contributed by atoms with Crippen LogP contribution in [0.4, 0.5) is 0 Å². The minimum atomic E-state index is -1.55. The first-order valence-corrected chi connectivity index (χ1v) is 9.93. The van der Waals surface area contributed by atoms with E-state index in [1.54, 1.807) is 0 Å². The van der Waals surface area contributed by atoms with Gasteiger partial charge in [-0.1, -0.05) is 32.4 Å². The lowest BCUT2D eigenvalue weighted by molar-refractivity contribution is 0.150. The molecule has 3 heteroatoms. The molecule has 18 heavy (non-hydrogen) atoms. The van der Waals surface area contributed by atoms with E-state index in [-0.39, 0.29) is 0 Å². The van der Waals surface area contributed by atoms with E-state index in [1.807, 2.05) is 0 Å². The van der Waals surface area contributed by atoms with Crippen molar-refractivity contribution < 1.29 is 9.16 Å². The molecule has 108 valence electrons. The third kappa shape index (κ3) is 8.06. The van der Waals surface area contributed by atoms with Gasteiger partial charge in [0.25, 0.3) is 0 Å². The van der Waals surface area contributed by atoms with Crippen molar-refractivity contribution >= 4 is 8.32 Å². The summed E-state index contributed by atoms with van der Waals surface area (Å²) < 4.78 is 11.6. The molecule has 0 aromatic rings. The first kappa shape index (κ1) is 17.9. The van der Waals surface area contributed by atoms with Crippen LogP contribution in [-0.4, -0.2) is 28.1 Å². The predicted octanol–water partition coefficient (Wildman–Crippen LogP) is 4.77. The number of hydrogen-bond donors (Lipinski definition) is 0. The maximum absolute atomic E-state index is 6.11. The minimum absolute atomic E-state index is 0.312.